The second kappa shape index (κ2) is 7.64. The van der Waals surface area contributed by atoms with E-state index in [1.165, 1.54) is 12.8 Å². The molecule has 1 aromatic rings. The summed E-state index contributed by atoms with van der Waals surface area (Å²) >= 11 is 9.51. The van der Waals surface area contributed by atoms with E-state index in [0.717, 1.165) is 30.3 Å². The Kier molecular flexibility index (Phi) is 6.12. The first-order chi connectivity index (χ1) is 9.99. The normalized spacial score (nSPS) is 15.7. The van der Waals surface area contributed by atoms with Crippen molar-refractivity contribution >= 4 is 33.4 Å². The summed E-state index contributed by atoms with van der Waals surface area (Å²) in [7, 11) is 0. The zero-order valence-electron chi connectivity index (χ0n) is 12.7. The van der Waals surface area contributed by atoms with Gasteiger partial charge in [0.05, 0.1) is 5.02 Å². The molecule has 4 heteroatoms. The molecule has 1 aromatic carbocycles. The zero-order chi connectivity index (χ0) is 15.4. The number of hydrogen-bond acceptors (Lipinski definition) is 1. The van der Waals surface area contributed by atoms with Crippen molar-refractivity contribution in [1.82, 2.24) is 4.90 Å². The van der Waals surface area contributed by atoms with Crippen LogP contribution < -0.4 is 0 Å². The molecule has 1 fully saturated rings. The number of rotatable bonds is 5. The minimum atomic E-state index is 0.122. The van der Waals surface area contributed by atoms with Crippen molar-refractivity contribution in [3.05, 3.63) is 33.3 Å². The quantitative estimate of drug-likeness (QED) is 0.665. The molecule has 2 nitrogen and oxygen atoms in total. The molecular weight excluding hydrogens is 350 g/mol. The van der Waals surface area contributed by atoms with Crippen LogP contribution in [0.25, 0.3) is 0 Å². The van der Waals surface area contributed by atoms with Crippen LogP contribution in [0.15, 0.2) is 22.7 Å². The van der Waals surface area contributed by atoms with E-state index in [2.05, 4.69) is 34.7 Å². The van der Waals surface area contributed by atoms with Gasteiger partial charge in [0.1, 0.15) is 0 Å². The second-order valence-electron chi connectivity index (χ2n) is 6.25. The number of benzene rings is 1. The maximum absolute atomic E-state index is 12.9. The fraction of sp³-hybridized carbons (Fsp3) is 0.588. The molecule has 0 aliphatic heterocycles. The Balaban J connectivity index is 2.17. The third-order valence-electron chi connectivity index (χ3n) is 4.14. The molecule has 0 heterocycles. The Labute approximate surface area is 141 Å². The van der Waals surface area contributed by atoms with E-state index in [4.69, 9.17) is 11.6 Å². The molecule has 0 spiro atoms. The minimum absolute atomic E-state index is 0.122. The van der Waals surface area contributed by atoms with Crippen LogP contribution in [0.3, 0.4) is 0 Å². The Hall–Kier alpha value is -0.540. The maximum atomic E-state index is 12.9. The van der Waals surface area contributed by atoms with E-state index >= 15 is 0 Å². The summed E-state index contributed by atoms with van der Waals surface area (Å²) in [6, 6.07) is 5.88. The van der Waals surface area contributed by atoms with Crippen molar-refractivity contribution in [2.75, 3.05) is 6.54 Å². The molecule has 2 rings (SSSR count). The standard InChI is InChI=1S/C17H23BrClNO/c1-12(2)9-10-20(14-5-3-4-6-14)17(21)13-7-8-15(18)16(19)11-13/h7-8,11-12,14H,3-6,9-10H2,1-2H3. The van der Waals surface area contributed by atoms with E-state index in [9.17, 15) is 4.79 Å². The van der Waals surface area contributed by atoms with Crippen LogP contribution in [-0.2, 0) is 0 Å². The lowest BCUT2D eigenvalue weighted by atomic mass is 10.1. The molecule has 0 atom stereocenters. The Morgan fingerprint density at radius 3 is 2.62 bits per heavy atom. The largest absolute Gasteiger partial charge is 0.336 e. The van der Waals surface area contributed by atoms with Gasteiger partial charge in [-0.25, -0.2) is 0 Å². The monoisotopic (exact) mass is 371 g/mol. The lowest BCUT2D eigenvalue weighted by Crippen LogP contribution is -2.40. The first kappa shape index (κ1) is 16.8. The summed E-state index contributed by atoms with van der Waals surface area (Å²) in [6.07, 6.45) is 5.78. The van der Waals surface area contributed by atoms with Crippen LogP contribution >= 0.6 is 27.5 Å². The van der Waals surface area contributed by atoms with Gasteiger partial charge in [-0.2, -0.15) is 0 Å². The van der Waals surface area contributed by atoms with E-state index in [1.807, 2.05) is 12.1 Å². The molecule has 0 saturated heterocycles. The van der Waals surface area contributed by atoms with Crippen LogP contribution in [0.2, 0.25) is 5.02 Å². The fourth-order valence-electron chi connectivity index (χ4n) is 2.86. The van der Waals surface area contributed by atoms with Crippen LogP contribution in [-0.4, -0.2) is 23.4 Å². The van der Waals surface area contributed by atoms with Crippen molar-refractivity contribution in [2.24, 2.45) is 5.92 Å². The number of carbonyl (C=O) groups is 1. The number of nitrogens with zero attached hydrogens (tertiary/aromatic N) is 1. The summed E-state index contributed by atoms with van der Waals surface area (Å²) < 4.78 is 0.829. The first-order valence-corrected chi connectivity index (χ1v) is 8.92. The van der Waals surface area contributed by atoms with Gasteiger partial charge in [-0.15, -0.1) is 0 Å². The Morgan fingerprint density at radius 1 is 1.38 bits per heavy atom. The van der Waals surface area contributed by atoms with E-state index < -0.39 is 0 Å². The molecule has 0 radical (unpaired) electrons. The van der Waals surface area contributed by atoms with Crippen LogP contribution in [0, 0.1) is 5.92 Å². The molecule has 0 N–H and O–H groups in total. The highest BCUT2D eigenvalue weighted by atomic mass is 79.9. The Bertz CT molecular complexity index is 498. The Morgan fingerprint density at radius 2 is 2.05 bits per heavy atom. The lowest BCUT2D eigenvalue weighted by molar-refractivity contribution is 0.0672. The lowest BCUT2D eigenvalue weighted by Gasteiger charge is -2.30. The molecule has 116 valence electrons. The number of hydrogen-bond donors (Lipinski definition) is 0. The number of amides is 1. The number of halogens is 2. The van der Waals surface area contributed by atoms with Gasteiger partial charge in [-0.3, -0.25) is 4.79 Å². The molecule has 1 aliphatic carbocycles. The van der Waals surface area contributed by atoms with Gasteiger partial charge >= 0.3 is 0 Å². The van der Waals surface area contributed by atoms with Crippen molar-refractivity contribution in [3.8, 4) is 0 Å². The maximum Gasteiger partial charge on any atom is 0.254 e. The molecule has 0 bridgehead atoms. The average molecular weight is 373 g/mol. The predicted octanol–water partition coefficient (Wildman–Crippen LogP) is 5.53. The van der Waals surface area contributed by atoms with E-state index in [1.54, 1.807) is 6.07 Å². The van der Waals surface area contributed by atoms with Crippen LogP contribution in [0.1, 0.15) is 56.3 Å². The highest BCUT2D eigenvalue weighted by Crippen LogP contribution is 2.28. The van der Waals surface area contributed by atoms with Crippen LogP contribution in [0.4, 0.5) is 0 Å². The van der Waals surface area contributed by atoms with Crippen molar-refractivity contribution in [1.29, 1.82) is 0 Å². The minimum Gasteiger partial charge on any atom is -0.336 e. The van der Waals surface area contributed by atoms with E-state index in [-0.39, 0.29) is 5.91 Å². The first-order valence-electron chi connectivity index (χ1n) is 7.75. The molecule has 1 amide bonds. The fourth-order valence-corrected chi connectivity index (χ4v) is 3.29. The number of carbonyl (C=O) groups excluding carboxylic acids is 1. The third kappa shape index (κ3) is 4.46. The molecule has 21 heavy (non-hydrogen) atoms. The molecule has 0 aromatic heterocycles. The summed E-state index contributed by atoms with van der Waals surface area (Å²) in [5, 5.41) is 0.594. The van der Waals surface area contributed by atoms with Crippen molar-refractivity contribution in [2.45, 2.75) is 52.0 Å². The zero-order valence-corrected chi connectivity index (χ0v) is 15.1. The second-order valence-corrected chi connectivity index (χ2v) is 7.51. The van der Waals surface area contributed by atoms with Crippen LogP contribution in [0.5, 0.6) is 0 Å². The van der Waals surface area contributed by atoms with Gasteiger partial charge in [-0.05, 0) is 59.3 Å². The summed E-state index contributed by atoms with van der Waals surface area (Å²) in [5.41, 5.74) is 0.693. The highest BCUT2D eigenvalue weighted by Gasteiger charge is 2.27. The van der Waals surface area contributed by atoms with Crippen molar-refractivity contribution < 1.29 is 4.79 Å². The molecule has 0 unspecified atom stereocenters. The van der Waals surface area contributed by atoms with Crippen molar-refractivity contribution in [3.63, 3.8) is 0 Å². The SMILES string of the molecule is CC(C)CCN(C(=O)c1ccc(Br)c(Cl)c1)C1CCCC1. The van der Waals surface area contributed by atoms with Gasteiger partial charge < -0.3 is 4.90 Å². The molecule has 1 saturated carbocycles. The topological polar surface area (TPSA) is 20.3 Å². The van der Waals surface area contributed by atoms with Gasteiger partial charge in [0.15, 0.2) is 0 Å². The molecular formula is C17H23BrClNO. The smallest absolute Gasteiger partial charge is 0.254 e. The van der Waals surface area contributed by atoms with Gasteiger partial charge in [0, 0.05) is 22.6 Å². The molecule has 1 aliphatic rings. The summed E-state index contributed by atoms with van der Waals surface area (Å²) in [5.74, 6) is 0.729. The summed E-state index contributed by atoms with van der Waals surface area (Å²) in [6.45, 7) is 5.25. The highest BCUT2D eigenvalue weighted by molar-refractivity contribution is 9.10. The predicted molar refractivity (Wildman–Crippen MR) is 91.9 cm³/mol. The average Bonchev–Trinajstić information content (AvgIpc) is 2.95. The summed E-state index contributed by atoms with van der Waals surface area (Å²) in [4.78, 5) is 14.9. The van der Waals surface area contributed by atoms with Gasteiger partial charge in [0.2, 0.25) is 0 Å². The van der Waals surface area contributed by atoms with Gasteiger partial charge in [0.25, 0.3) is 5.91 Å². The third-order valence-corrected chi connectivity index (χ3v) is 5.37. The van der Waals surface area contributed by atoms with E-state index in [0.29, 0.717) is 22.5 Å². The van der Waals surface area contributed by atoms with Gasteiger partial charge in [-0.1, -0.05) is 38.3 Å².